The van der Waals surface area contributed by atoms with Crippen LogP contribution in [0.2, 0.25) is 0 Å². The second kappa shape index (κ2) is 9.13. The van der Waals surface area contributed by atoms with Gasteiger partial charge in [-0.2, -0.15) is 10.4 Å². The summed E-state index contributed by atoms with van der Waals surface area (Å²) in [6, 6.07) is 6.11. The number of fused-ring (bicyclic) bond motifs is 1. The van der Waals surface area contributed by atoms with E-state index in [0.29, 0.717) is 36.7 Å². The number of rotatable bonds is 6. The van der Waals surface area contributed by atoms with E-state index in [4.69, 9.17) is 14.1 Å². The minimum atomic E-state index is -0.0954. The second-order valence-corrected chi connectivity index (χ2v) is 8.55. The summed E-state index contributed by atoms with van der Waals surface area (Å²) in [5, 5.41) is 14.4. The van der Waals surface area contributed by atoms with Gasteiger partial charge in [-0.15, -0.1) is 0 Å². The summed E-state index contributed by atoms with van der Waals surface area (Å²) in [4.78, 5) is 20.6. The van der Waals surface area contributed by atoms with Gasteiger partial charge in [-0.1, -0.05) is 0 Å². The Morgan fingerprint density at radius 3 is 2.69 bits per heavy atom. The van der Waals surface area contributed by atoms with E-state index in [9.17, 15) is 10.1 Å². The van der Waals surface area contributed by atoms with Gasteiger partial charge in [0.05, 0.1) is 35.3 Å². The summed E-state index contributed by atoms with van der Waals surface area (Å²) in [6.07, 6.45) is 3.54. The van der Waals surface area contributed by atoms with Crippen molar-refractivity contribution in [3.63, 3.8) is 0 Å². The van der Waals surface area contributed by atoms with Crippen LogP contribution in [0.15, 0.2) is 22.7 Å². The summed E-state index contributed by atoms with van der Waals surface area (Å²) in [5.41, 5.74) is 2.78. The number of amides is 1. The van der Waals surface area contributed by atoms with Crippen molar-refractivity contribution in [1.29, 1.82) is 5.26 Å². The van der Waals surface area contributed by atoms with Crippen molar-refractivity contribution >= 4 is 16.9 Å². The standard InChI is InChI=1S/C24H29N5O3/c1-15(2)29-23-21(14-26-29)20(13-22(27-23)19-12-16(3)32-17(19)4)24(30)28(9-5-8-25)18-6-10-31-11-7-18/h12-15,18H,5-7,9-11H2,1-4H3. The third-order valence-corrected chi connectivity index (χ3v) is 5.96. The van der Waals surface area contributed by atoms with Gasteiger partial charge in [0.15, 0.2) is 5.65 Å². The van der Waals surface area contributed by atoms with Crippen molar-refractivity contribution in [1.82, 2.24) is 19.7 Å². The third kappa shape index (κ3) is 4.13. The molecular formula is C24H29N5O3. The summed E-state index contributed by atoms with van der Waals surface area (Å²) in [5.74, 6) is 1.46. The van der Waals surface area contributed by atoms with Crippen LogP contribution in [0, 0.1) is 25.2 Å². The molecule has 3 aromatic rings. The molecule has 0 atom stereocenters. The number of carbonyl (C=O) groups excluding carboxylic acids is 1. The van der Waals surface area contributed by atoms with Gasteiger partial charge in [0.2, 0.25) is 0 Å². The monoisotopic (exact) mass is 435 g/mol. The van der Waals surface area contributed by atoms with Gasteiger partial charge in [-0.05, 0) is 52.7 Å². The smallest absolute Gasteiger partial charge is 0.255 e. The largest absolute Gasteiger partial charge is 0.466 e. The summed E-state index contributed by atoms with van der Waals surface area (Å²) in [6.45, 7) is 9.51. The van der Waals surface area contributed by atoms with E-state index < -0.39 is 0 Å². The van der Waals surface area contributed by atoms with Crippen LogP contribution < -0.4 is 0 Å². The molecule has 32 heavy (non-hydrogen) atoms. The molecule has 8 heteroatoms. The molecule has 0 N–H and O–H groups in total. The van der Waals surface area contributed by atoms with Crippen molar-refractivity contribution in [3.05, 3.63) is 35.4 Å². The molecule has 0 radical (unpaired) electrons. The number of hydrogen-bond acceptors (Lipinski definition) is 6. The van der Waals surface area contributed by atoms with Crippen LogP contribution in [-0.4, -0.2) is 51.4 Å². The van der Waals surface area contributed by atoms with E-state index in [1.54, 1.807) is 6.20 Å². The van der Waals surface area contributed by atoms with Crippen molar-refractivity contribution in [2.24, 2.45) is 0 Å². The Morgan fingerprint density at radius 1 is 1.31 bits per heavy atom. The highest BCUT2D eigenvalue weighted by molar-refractivity contribution is 6.06. The number of carbonyl (C=O) groups is 1. The lowest BCUT2D eigenvalue weighted by atomic mass is 10.0. The van der Waals surface area contributed by atoms with Gasteiger partial charge in [0.25, 0.3) is 5.91 Å². The van der Waals surface area contributed by atoms with Crippen molar-refractivity contribution in [3.8, 4) is 17.3 Å². The van der Waals surface area contributed by atoms with E-state index in [0.717, 1.165) is 35.3 Å². The molecule has 0 bridgehead atoms. The number of hydrogen-bond donors (Lipinski definition) is 0. The average Bonchev–Trinajstić information content (AvgIpc) is 3.36. The van der Waals surface area contributed by atoms with Gasteiger partial charge in [-0.3, -0.25) is 4.79 Å². The zero-order valence-electron chi connectivity index (χ0n) is 19.1. The molecule has 168 valence electrons. The molecule has 1 aliphatic heterocycles. The average molecular weight is 436 g/mol. The Bertz CT molecular complexity index is 1160. The molecule has 8 nitrogen and oxygen atoms in total. The summed E-state index contributed by atoms with van der Waals surface area (Å²) in [7, 11) is 0. The first-order valence-corrected chi connectivity index (χ1v) is 11.1. The fourth-order valence-corrected chi connectivity index (χ4v) is 4.37. The molecule has 4 heterocycles. The quantitative estimate of drug-likeness (QED) is 0.568. The summed E-state index contributed by atoms with van der Waals surface area (Å²) < 4.78 is 13.1. The minimum Gasteiger partial charge on any atom is -0.466 e. The first-order valence-electron chi connectivity index (χ1n) is 11.1. The molecule has 1 aliphatic rings. The number of furan rings is 1. The maximum atomic E-state index is 13.9. The molecule has 0 saturated carbocycles. The normalized spacial score (nSPS) is 14.8. The van der Waals surface area contributed by atoms with Crippen LogP contribution in [0.4, 0.5) is 0 Å². The van der Waals surface area contributed by atoms with Crippen LogP contribution in [0.3, 0.4) is 0 Å². The molecular weight excluding hydrogens is 406 g/mol. The van der Waals surface area contributed by atoms with Crippen LogP contribution in [0.5, 0.6) is 0 Å². The van der Waals surface area contributed by atoms with Gasteiger partial charge in [0.1, 0.15) is 11.5 Å². The lowest BCUT2D eigenvalue weighted by molar-refractivity contribution is 0.0297. The van der Waals surface area contributed by atoms with Crippen molar-refractivity contribution in [2.45, 2.75) is 59.0 Å². The van der Waals surface area contributed by atoms with Crippen LogP contribution in [0.25, 0.3) is 22.3 Å². The molecule has 0 unspecified atom stereocenters. The van der Waals surface area contributed by atoms with E-state index >= 15 is 0 Å². The number of aryl methyl sites for hydroxylation is 2. The highest BCUT2D eigenvalue weighted by Crippen LogP contribution is 2.31. The Kier molecular flexibility index (Phi) is 6.28. The Balaban J connectivity index is 1.86. The van der Waals surface area contributed by atoms with Crippen molar-refractivity contribution in [2.75, 3.05) is 19.8 Å². The minimum absolute atomic E-state index is 0.0503. The number of nitrogens with zero attached hydrogens (tertiary/aromatic N) is 5. The Hall–Kier alpha value is -3.18. The van der Waals surface area contributed by atoms with Gasteiger partial charge in [0, 0.05) is 37.4 Å². The maximum absolute atomic E-state index is 13.9. The number of nitriles is 1. The number of ether oxygens (including phenoxy) is 1. The second-order valence-electron chi connectivity index (χ2n) is 8.55. The molecule has 0 aliphatic carbocycles. The van der Waals surface area contributed by atoms with Crippen LogP contribution in [0.1, 0.15) is 61.0 Å². The Morgan fingerprint density at radius 2 is 2.06 bits per heavy atom. The van der Waals surface area contributed by atoms with Crippen molar-refractivity contribution < 1.29 is 13.9 Å². The highest BCUT2D eigenvalue weighted by Gasteiger charge is 2.29. The maximum Gasteiger partial charge on any atom is 0.255 e. The third-order valence-electron chi connectivity index (χ3n) is 5.96. The van der Waals surface area contributed by atoms with E-state index in [1.165, 1.54) is 0 Å². The van der Waals surface area contributed by atoms with Gasteiger partial charge >= 0.3 is 0 Å². The molecule has 0 aromatic carbocycles. The molecule has 0 spiro atoms. The molecule has 1 saturated heterocycles. The SMILES string of the molecule is Cc1cc(-c2cc(C(=O)N(CCC#N)C3CCOCC3)c3cnn(C(C)C)c3n2)c(C)o1. The number of aromatic nitrogens is 3. The first-order chi connectivity index (χ1) is 15.4. The fourth-order valence-electron chi connectivity index (χ4n) is 4.37. The molecule has 4 rings (SSSR count). The fraction of sp³-hybridized carbons (Fsp3) is 0.500. The van der Waals surface area contributed by atoms with E-state index in [1.807, 2.05) is 49.4 Å². The summed E-state index contributed by atoms with van der Waals surface area (Å²) >= 11 is 0. The first kappa shape index (κ1) is 22.0. The zero-order valence-corrected chi connectivity index (χ0v) is 19.1. The molecule has 1 fully saturated rings. The molecule has 1 amide bonds. The predicted octanol–water partition coefficient (Wildman–Crippen LogP) is 4.42. The number of pyridine rings is 1. The van der Waals surface area contributed by atoms with Gasteiger partial charge < -0.3 is 14.1 Å². The lowest BCUT2D eigenvalue weighted by Crippen LogP contribution is -2.44. The van der Waals surface area contributed by atoms with Crippen LogP contribution in [-0.2, 0) is 4.74 Å². The zero-order chi connectivity index (χ0) is 22.8. The van der Waals surface area contributed by atoms with Gasteiger partial charge in [-0.25, -0.2) is 9.67 Å². The highest BCUT2D eigenvalue weighted by atomic mass is 16.5. The Labute approximate surface area is 187 Å². The van der Waals surface area contributed by atoms with E-state index in [2.05, 4.69) is 11.2 Å². The van der Waals surface area contributed by atoms with Crippen LogP contribution >= 0.6 is 0 Å². The lowest BCUT2D eigenvalue weighted by Gasteiger charge is -2.34. The topological polar surface area (TPSA) is 97.2 Å². The van der Waals surface area contributed by atoms with E-state index in [-0.39, 0.29) is 24.4 Å². The predicted molar refractivity (Wildman–Crippen MR) is 120 cm³/mol. The molecule has 3 aromatic heterocycles.